The summed E-state index contributed by atoms with van der Waals surface area (Å²) in [5, 5.41) is 3.15. The fraction of sp³-hybridized carbons (Fsp3) is 0.174. The van der Waals surface area contributed by atoms with E-state index in [0.717, 1.165) is 11.1 Å². The Morgan fingerprint density at radius 3 is 2.63 bits per heavy atom. The molecule has 1 aliphatic heterocycles. The van der Waals surface area contributed by atoms with Crippen molar-refractivity contribution in [3.63, 3.8) is 0 Å². The lowest BCUT2D eigenvalue weighted by Crippen LogP contribution is -2.28. The number of fused-ring (bicyclic) bond motifs is 1. The fourth-order valence-electron chi connectivity index (χ4n) is 3.69. The number of rotatable bonds is 6. The Balaban J connectivity index is 1.54. The Kier molecular flexibility index (Phi) is 5.77. The first-order valence-electron chi connectivity index (χ1n) is 9.57. The summed E-state index contributed by atoms with van der Waals surface area (Å²) in [5.74, 6) is -0.217. The molecule has 5 nitrogen and oxygen atoms in total. The van der Waals surface area contributed by atoms with Crippen LogP contribution in [0.5, 0.6) is 0 Å². The summed E-state index contributed by atoms with van der Waals surface area (Å²) < 4.78 is 13.3. The molecular weight excluding hydrogens is 405 g/mol. The van der Waals surface area contributed by atoms with Crippen LogP contribution in [0.3, 0.4) is 0 Å². The number of pyridine rings is 1. The van der Waals surface area contributed by atoms with E-state index < -0.39 is 0 Å². The van der Waals surface area contributed by atoms with Crippen LogP contribution in [0.4, 0.5) is 10.2 Å². The van der Waals surface area contributed by atoms with Crippen molar-refractivity contribution in [3.05, 3.63) is 94.4 Å². The van der Waals surface area contributed by atoms with Crippen molar-refractivity contribution in [1.82, 2.24) is 9.88 Å². The maximum absolute atomic E-state index is 13.3. The van der Waals surface area contributed by atoms with Crippen molar-refractivity contribution in [2.75, 3.05) is 5.32 Å². The molecule has 2 aromatic carbocycles. The molecule has 1 aliphatic rings. The minimum Gasteiger partial charge on any atom is -0.327 e. The highest BCUT2D eigenvalue weighted by Gasteiger charge is 2.38. The van der Waals surface area contributed by atoms with Crippen molar-refractivity contribution >= 4 is 29.2 Å². The first-order valence-corrected chi connectivity index (χ1v) is 9.95. The first kappa shape index (κ1) is 20.0. The van der Waals surface area contributed by atoms with Gasteiger partial charge >= 0.3 is 0 Å². The Labute approximate surface area is 178 Å². The highest BCUT2D eigenvalue weighted by molar-refractivity contribution is 6.34. The Morgan fingerprint density at radius 1 is 1.10 bits per heavy atom. The van der Waals surface area contributed by atoms with Gasteiger partial charge in [-0.05, 0) is 47.9 Å². The van der Waals surface area contributed by atoms with E-state index in [1.165, 1.54) is 12.1 Å². The summed E-state index contributed by atoms with van der Waals surface area (Å²) in [6.07, 6.45) is 2.24. The van der Waals surface area contributed by atoms with Gasteiger partial charge < -0.3 is 10.2 Å². The summed E-state index contributed by atoms with van der Waals surface area (Å²) in [7, 11) is 0. The number of amides is 2. The molecule has 30 heavy (non-hydrogen) atoms. The number of halogens is 2. The second-order valence-electron chi connectivity index (χ2n) is 7.08. The Morgan fingerprint density at radius 2 is 1.90 bits per heavy atom. The number of anilines is 1. The molecule has 0 saturated carbocycles. The largest absolute Gasteiger partial charge is 0.327 e. The van der Waals surface area contributed by atoms with Crippen LogP contribution in [0.1, 0.15) is 40.4 Å². The quantitative estimate of drug-likeness (QED) is 0.607. The normalized spacial score (nSPS) is 15.2. The second-order valence-corrected chi connectivity index (χ2v) is 7.49. The summed E-state index contributed by atoms with van der Waals surface area (Å²) in [6, 6.07) is 16.4. The van der Waals surface area contributed by atoms with E-state index in [4.69, 9.17) is 11.6 Å². The summed E-state index contributed by atoms with van der Waals surface area (Å²) in [5.41, 5.74) is 2.08. The van der Waals surface area contributed by atoms with Crippen LogP contribution in [0.2, 0.25) is 5.02 Å². The number of nitrogens with one attached hydrogen (secondary N) is 1. The number of hydrogen-bond donors (Lipinski definition) is 1. The van der Waals surface area contributed by atoms with Crippen molar-refractivity contribution in [2.24, 2.45) is 0 Å². The van der Waals surface area contributed by atoms with Crippen LogP contribution in [0.25, 0.3) is 0 Å². The molecule has 3 aromatic rings. The number of hydrogen-bond acceptors (Lipinski definition) is 3. The lowest BCUT2D eigenvalue weighted by Gasteiger charge is -2.25. The maximum Gasteiger partial charge on any atom is 0.256 e. The predicted molar refractivity (Wildman–Crippen MR) is 113 cm³/mol. The molecule has 1 aromatic heterocycles. The minimum absolute atomic E-state index is 0.182. The summed E-state index contributed by atoms with van der Waals surface area (Å²) in [6.45, 7) is 0.302. The minimum atomic E-state index is -0.333. The number of benzene rings is 2. The van der Waals surface area contributed by atoms with E-state index in [1.807, 2.05) is 6.07 Å². The topological polar surface area (TPSA) is 62.3 Å². The number of aromatic nitrogens is 1. The smallest absolute Gasteiger partial charge is 0.256 e. The SMILES string of the molecule is O=C(CCC1c2cccc(Cl)c2C(=O)N1Cc1ccc(F)cc1)Nc1ccccn1. The van der Waals surface area contributed by atoms with Gasteiger partial charge in [0.15, 0.2) is 0 Å². The Hall–Kier alpha value is -3.25. The summed E-state index contributed by atoms with van der Waals surface area (Å²) >= 11 is 6.30. The highest BCUT2D eigenvalue weighted by atomic mass is 35.5. The van der Waals surface area contributed by atoms with E-state index in [2.05, 4.69) is 10.3 Å². The van der Waals surface area contributed by atoms with E-state index >= 15 is 0 Å². The molecule has 1 unspecified atom stereocenters. The van der Waals surface area contributed by atoms with Gasteiger partial charge in [0.1, 0.15) is 11.6 Å². The van der Waals surface area contributed by atoms with Crippen molar-refractivity contribution < 1.29 is 14.0 Å². The van der Waals surface area contributed by atoms with Gasteiger partial charge in [0.2, 0.25) is 5.91 Å². The van der Waals surface area contributed by atoms with Crippen molar-refractivity contribution in [1.29, 1.82) is 0 Å². The van der Waals surface area contributed by atoms with E-state index in [-0.39, 0.29) is 30.1 Å². The third-order valence-electron chi connectivity index (χ3n) is 5.10. The van der Waals surface area contributed by atoms with Crippen LogP contribution in [0, 0.1) is 5.82 Å². The lowest BCUT2D eigenvalue weighted by atomic mass is 10.00. The van der Waals surface area contributed by atoms with Crippen LogP contribution in [-0.4, -0.2) is 21.7 Å². The van der Waals surface area contributed by atoms with Crippen molar-refractivity contribution in [3.8, 4) is 0 Å². The average molecular weight is 424 g/mol. The standard InChI is InChI=1S/C23H19ClFN3O2/c24-18-5-3-4-17-19(11-12-21(29)27-20-6-1-2-13-26-20)28(23(30)22(17)18)14-15-7-9-16(25)10-8-15/h1-10,13,19H,11-12,14H2,(H,26,27,29). The molecule has 0 radical (unpaired) electrons. The van der Waals surface area contributed by atoms with Crippen LogP contribution < -0.4 is 5.32 Å². The second kappa shape index (κ2) is 8.63. The third-order valence-corrected chi connectivity index (χ3v) is 5.41. The van der Waals surface area contributed by atoms with Gasteiger partial charge in [-0.15, -0.1) is 0 Å². The molecule has 2 amide bonds. The fourth-order valence-corrected chi connectivity index (χ4v) is 3.95. The molecule has 0 spiro atoms. The van der Waals surface area contributed by atoms with Gasteiger partial charge in [-0.2, -0.15) is 0 Å². The molecule has 0 saturated heterocycles. The highest BCUT2D eigenvalue weighted by Crippen LogP contribution is 2.40. The zero-order chi connectivity index (χ0) is 21.1. The van der Waals surface area contributed by atoms with Gasteiger partial charge in [-0.25, -0.2) is 9.37 Å². The van der Waals surface area contributed by atoms with E-state index in [9.17, 15) is 14.0 Å². The number of carbonyl (C=O) groups is 2. The molecule has 0 fully saturated rings. The maximum atomic E-state index is 13.3. The van der Waals surface area contributed by atoms with Gasteiger partial charge in [0.25, 0.3) is 5.91 Å². The first-order chi connectivity index (χ1) is 14.5. The number of carbonyl (C=O) groups excluding carboxylic acids is 2. The predicted octanol–water partition coefficient (Wildman–Crippen LogP) is 4.99. The van der Waals surface area contributed by atoms with Gasteiger partial charge in [0.05, 0.1) is 16.6 Å². The zero-order valence-corrected chi connectivity index (χ0v) is 16.8. The molecule has 4 rings (SSSR count). The number of nitrogens with zero attached hydrogens (tertiary/aromatic N) is 2. The summed E-state index contributed by atoms with van der Waals surface area (Å²) in [4.78, 5) is 31.3. The third kappa shape index (κ3) is 4.19. The van der Waals surface area contributed by atoms with Crippen LogP contribution >= 0.6 is 11.6 Å². The van der Waals surface area contributed by atoms with E-state index in [1.54, 1.807) is 53.6 Å². The molecular formula is C23H19ClFN3O2. The molecule has 1 N–H and O–H groups in total. The van der Waals surface area contributed by atoms with Crippen molar-refractivity contribution in [2.45, 2.75) is 25.4 Å². The molecule has 2 heterocycles. The molecule has 0 bridgehead atoms. The molecule has 0 aliphatic carbocycles. The van der Waals surface area contributed by atoms with Crippen LogP contribution in [0.15, 0.2) is 66.9 Å². The monoisotopic (exact) mass is 423 g/mol. The zero-order valence-electron chi connectivity index (χ0n) is 16.0. The molecule has 1 atom stereocenters. The average Bonchev–Trinajstić information content (AvgIpc) is 3.01. The van der Waals surface area contributed by atoms with Gasteiger partial charge in [-0.1, -0.05) is 41.9 Å². The molecule has 7 heteroatoms. The van der Waals surface area contributed by atoms with Gasteiger partial charge in [0, 0.05) is 19.2 Å². The van der Waals surface area contributed by atoms with Crippen LogP contribution in [-0.2, 0) is 11.3 Å². The van der Waals surface area contributed by atoms with E-state index in [0.29, 0.717) is 29.4 Å². The Bertz CT molecular complexity index is 1070. The lowest BCUT2D eigenvalue weighted by molar-refractivity contribution is -0.116. The van der Waals surface area contributed by atoms with Gasteiger partial charge in [-0.3, -0.25) is 9.59 Å². The molecule has 152 valence electrons.